The maximum absolute atomic E-state index is 10.6. The van der Waals surface area contributed by atoms with Crippen molar-refractivity contribution >= 4 is 20.7 Å². The van der Waals surface area contributed by atoms with Gasteiger partial charge in [-0.2, -0.15) is 0 Å². The summed E-state index contributed by atoms with van der Waals surface area (Å²) in [7, 11) is 0. The topological polar surface area (TPSA) is 69.1 Å². The first-order chi connectivity index (χ1) is 5.18. The van der Waals surface area contributed by atoms with Crippen molar-refractivity contribution in [3.63, 3.8) is 0 Å². The molecule has 0 saturated carbocycles. The van der Waals surface area contributed by atoms with Crippen molar-refractivity contribution in [2.75, 3.05) is 6.54 Å². The van der Waals surface area contributed by atoms with Crippen LogP contribution in [-0.4, -0.2) is 33.3 Å². The van der Waals surface area contributed by atoms with Gasteiger partial charge in [0, 0.05) is 0 Å². The summed E-state index contributed by atoms with van der Waals surface area (Å²) in [4.78, 5) is 10.6. The Morgan fingerprint density at radius 3 is 2.45 bits per heavy atom. The average Bonchev–Trinajstić information content (AvgIpc) is 1.97. The number of rotatable bonds is 6. The third-order valence-corrected chi connectivity index (χ3v) is 2.16. The van der Waals surface area contributed by atoms with Gasteiger partial charge >= 0.3 is 75.2 Å². The SMILES string of the molecule is NCCCCCC(N)C(=O)[Se]. The van der Waals surface area contributed by atoms with Gasteiger partial charge in [0.25, 0.3) is 0 Å². The van der Waals surface area contributed by atoms with Crippen molar-refractivity contribution in [3.8, 4) is 0 Å². The molecule has 0 bridgehead atoms. The minimum absolute atomic E-state index is 0.0438. The van der Waals surface area contributed by atoms with Crippen LogP contribution in [0.25, 0.3) is 0 Å². The van der Waals surface area contributed by atoms with Crippen LogP contribution in [0.4, 0.5) is 0 Å². The van der Waals surface area contributed by atoms with Crippen molar-refractivity contribution in [2.45, 2.75) is 31.7 Å². The minimum atomic E-state index is -0.312. The van der Waals surface area contributed by atoms with Crippen LogP contribution in [0, 0.1) is 0 Å². The molecule has 0 fully saturated rings. The second-order valence-electron chi connectivity index (χ2n) is 2.56. The first-order valence-electron chi connectivity index (χ1n) is 3.85. The van der Waals surface area contributed by atoms with Crippen LogP contribution < -0.4 is 11.5 Å². The van der Waals surface area contributed by atoms with Crippen molar-refractivity contribution in [2.24, 2.45) is 11.5 Å². The van der Waals surface area contributed by atoms with Gasteiger partial charge in [-0.25, -0.2) is 0 Å². The molecule has 0 rings (SSSR count). The first kappa shape index (κ1) is 11.1. The Kier molecular flexibility index (Phi) is 6.86. The van der Waals surface area contributed by atoms with E-state index in [2.05, 4.69) is 16.0 Å². The molecular formula is C7H15N2OSe. The summed E-state index contributed by atoms with van der Waals surface area (Å²) in [6, 6.07) is -0.312. The molecule has 4 heteroatoms. The second-order valence-corrected chi connectivity index (χ2v) is 3.41. The second kappa shape index (κ2) is 6.80. The van der Waals surface area contributed by atoms with Crippen LogP contribution in [0.15, 0.2) is 0 Å². The number of unbranched alkanes of at least 4 members (excludes halogenated alkanes) is 2. The van der Waals surface area contributed by atoms with E-state index < -0.39 is 0 Å². The number of nitrogens with two attached hydrogens (primary N) is 2. The molecule has 0 aliphatic heterocycles. The normalized spacial score (nSPS) is 12.9. The summed E-state index contributed by atoms with van der Waals surface area (Å²) < 4.78 is -0.0438. The van der Waals surface area contributed by atoms with Crippen molar-refractivity contribution < 1.29 is 4.79 Å². The van der Waals surface area contributed by atoms with E-state index in [1.807, 2.05) is 0 Å². The Hall–Kier alpha value is 0.109. The average molecular weight is 222 g/mol. The predicted molar refractivity (Wildman–Crippen MR) is 46.3 cm³/mol. The van der Waals surface area contributed by atoms with Gasteiger partial charge in [-0.05, 0) is 0 Å². The molecule has 3 nitrogen and oxygen atoms in total. The number of carbonyl (C=O) groups is 1. The summed E-state index contributed by atoms with van der Waals surface area (Å²) in [6.45, 7) is 0.724. The Bertz CT molecular complexity index is 119. The van der Waals surface area contributed by atoms with Gasteiger partial charge in [0.1, 0.15) is 0 Å². The van der Waals surface area contributed by atoms with Crippen molar-refractivity contribution in [1.29, 1.82) is 0 Å². The van der Waals surface area contributed by atoms with E-state index in [0.29, 0.717) is 0 Å². The zero-order valence-electron chi connectivity index (χ0n) is 6.58. The van der Waals surface area contributed by atoms with Crippen molar-refractivity contribution in [3.05, 3.63) is 0 Å². The molecule has 0 aromatic carbocycles. The summed E-state index contributed by atoms with van der Waals surface area (Å²) in [5, 5.41) is 0. The zero-order chi connectivity index (χ0) is 8.69. The molecule has 11 heavy (non-hydrogen) atoms. The molecule has 0 heterocycles. The van der Waals surface area contributed by atoms with Crippen molar-refractivity contribution in [1.82, 2.24) is 0 Å². The Morgan fingerprint density at radius 2 is 2.00 bits per heavy atom. The monoisotopic (exact) mass is 223 g/mol. The fraction of sp³-hybridized carbons (Fsp3) is 0.857. The molecule has 4 N–H and O–H groups in total. The van der Waals surface area contributed by atoms with E-state index in [9.17, 15) is 4.79 Å². The number of carbonyl (C=O) groups excluding carboxylic acids is 1. The van der Waals surface area contributed by atoms with Crippen LogP contribution in [0.1, 0.15) is 25.7 Å². The molecule has 0 aromatic heterocycles. The van der Waals surface area contributed by atoms with Gasteiger partial charge in [0.15, 0.2) is 0 Å². The zero-order valence-corrected chi connectivity index (χ0v) is 8.30. The Morgan fingerprint density at radius 1 is 1.36 bits per heavy atom. The molecular weight excluding hydrogens is 207 g/mol. The molecule has 65 valence electrons. The van der Waals surface area contributed by atoms with E-state index in [1.165, 1.54) is 0 Å². The van der Waals surface area contributed by atoms with Crippen LogP contribution in [0.5, 0.6) is 0 Å². The van der Waals surface area contributed by atoms with E-state index in [1.54, 1.807) is 0 Å². The molecule has 1 radical (unpaired) electrons. The van der Waals surface area contributed by atoms with Crippen LogP contribution in [0.3, 0.4) is 0 Å². The molecule has 0 amide bonds. The summed E-state index contributed by atoms with van der Waals surface area (Å²) in [6.07, 6.45) is 3.85. The molecule has 0 spiro atoms. The van der Waals surface area contributed by atoms with Gasteiger partial charge in [0.2, 0.25) is 0 Å². The van der Waals surface area contributed by atoms with E-state index in [0.717, 1.165) is 32.2 Å². The van der Waals surface area contributed by atoms with E-state index in [4.69, 9.17) is 11.5 Å². The third kappa shape index (κ3) is 6.51. The van der Waals surface area contributed by atoms with Crippen LogP contribution in [0.2, 0.25) is 0 Å². The fourth-order valence-corrected chi connectivity index (χ4v) is 1.05. The van der Waals surface area contributed by atoms with Crippen LogP contribution in [-0.2, 0) is 4.79 Å². The maximum atomic E-state index is 10.6. The summed E-state index contributed by atoms with van der Waals surface area (Å²) in [5.74, 6) is 0. The predicted octanol–water partition coefficient (Wildman–Crippen LogP) is -0.472. The summed E-state index contributed by atoms with van der Waals surface area (Å²) >= 11 is 2.39. The van der Waals surface area contributed by atoms with E-state index >= 15 is 0 Å². The third-order valence-electron chi connectivity index (χ3n) is 1.52. The fourth-order valence-electron chi connectivity index (χ4n) is 0.803. The Balaban J connectivity index is 3.17. The molecule has 1 unspecified atom stereocenters. The summed E-state index contributed by atoms with van der Waals surface area (Å²) in [5.41, 5.74) is 10.8. The van der Waals surface area contributed by atoms with Crippen LogP contribution >= 0.6 is 0 Å². The molecule has 0 aliphatic carbocycles. The van der Waals surface area contributed by atoms with Gasteiger partial charge in [0.05, 0.1) is 0 Å². The van der Waals surface area contributed by atoms with Gasteiger partial charge < -0.3 is 0 Å². The van der Waals surface area contributed by atoms with E-state index in [-0.39, 0.29) is 10.7 Å². The number of hydrogen-bond acceptors (Lipinski definition) is 3. The Labute approximate surface area is 75.7 Å². The van der Waals surface area contributed by atoms with Gasteiger partial charge in [-0.15, -0.1) is 0 Å². The van der Waals surface area contributed by atoms with Gasteiger partial charge in [-0.3, -0.25) is 0 Å². The number of hydrogen-bond donors (Lipinski definition) is 2. The standard InChI is InChI=1S/C7H15N2OSe/c8-5-3-1-2-4-6(9)7(10)11/h6H,1-5,8-9H2. The molecule has 0 saturated heterocycles. The molecule has 1 atom stereocenters. The quantitative estimate of drug-likeness (QED) is 0.471. The van der Waals surface area contributed by atoms with Gasteiger partial charge in [-0.1, -0.05) is 0 Å². The molecule has 0 aromatic rings. The molecule has 0 aliphatic rings. The first-order valence-corrected chi connectivity index (χ1v) is 4.70.